The Morgan fingerprint density at radius 1 is 1.35 bits per heavy atom. The third kappa shape index (κ3) is 3.87. The van der Waals surface area contributed by atoms with Crippen LogP contribution in [-0.2, 0) is 4.79 Å². The van der Waals surface area contributed by atoms with Crippen LogP contribution in [0.5, 0.6) is 0 Å². The molecule has 0 bridgehead atoms. The molecule has 20 heavy (non-hydrogen) atoms. The molecule has 1 saturated carbocycles. The van der Waals surface area contributed by atoms with Crippen LogP contribution in [0.1, 0.15) is 39.5 Å². The van der Waals surface area contributed by atoms with Gasteiger partial charge in [-0.25, -0.2) is 0 Å². The zero-order valence-electron chi connectivity index (χ0n) is 12.0. The Morgan fingerprint density at radius 3 is 2.50 bits per heavy atom. The highest BCUT2D eigenvalue weighted by atomic mass is 19.4. The van der Waals surface area contributed by atoms with Gasteiger partial charge in [-0.15, -0.1) is 0 Å². The van der Waals surface area contributed by atoms with Crippen LogP contribution in [0.4, 0.5) is 13.2 Å². The molecule has 6 heteroatoms. The number of hydrogen-bond donors (Lipinski definition) is 1. The number of nitrogens with one attached hydrogen (secondary N) is 1. The van der Waals surface area contributed by atoms with E-state index >= 15 is 0 Å². The van der Waals surface area contributed by atoms with Crippen molar-refractivity contribution in [2.24, 2.45) is 11.8 Å². The average Bonchev–Trinajstić information content (AvgIpc) is 3.18. The first-order chi connectivity index (χ1) is 9.29. The zero-order valence-corrected chi connectivity index (χ0v) is 12.0. The van der Waals surface area contributed by atoms with Crippen LogP contribution in [0.15, 0.2) is 0 Å². The van der Waals surface area contributed by atoms with Gasteiger partial charge in [-0.2, -0.15) is 13.2 Å². The minimum Gasteiger partial charge on any atom is -0.329 e. The summed E-state index contributed by atoms with van der Waals surface area (Å²) >= 11 is 0. The maximum atomic E-state index is 12.8. The third-order valence-corrected chi connectivity index (χ3v) is 4.46. The lowest BCUT2D eigenvalue weighted by molar-refractivity contribution is -0.168. The number of halogens is 3. The van der Waals surface area contributed by atoms with Crippen molar-refractivity contribution in [1.82, 2.24) is 10.2 Å². The minimum absolute atomic E-state index is 0.0957. The van der Waals surface area contributed by atoms with E-state index in [9.17, 15) is 18.0 Å². The Hall–Kier alpha value is -0.780. The summed E-state index contributed by atoms with van der Waals surface area (Å²) in [6.45, 7) is 3.25. The highest BCUT2D eigenvalue weighted by Gasteiger charge is 2.43. The van der Waals surface area contributed by atoms with E-state index in [1.165, 1.54) is 0 Å². The van der Waals surface area contributed by atoms with Crippen LogP contribution in [0, 0.1) is 11.8 Å². The van der Waals surface area contributed by atoms with E-state index in [1.807, 2.05) is 6.92 Å². The van der Waals surface area contributed by atoms with Crippen molar-refractivity contribution in [3.63, 3.8) is 0 Å². The van der Waals surface area contributed by atoms with Gasteiger partial charge in [0.1, 0.15) is 6.54 Å². The summed E-state index contributed by atoms with van der Waals surface area (Å²) in [5, 5.41) is 3.09. The number of amides is 1. The van der Waals surface area contributed by atoms with Gasteiger partial charge in [0, 0.05) is 6.04 Å². The summed E-state index contributed by atoms with van der Waals surface area (Å²) in [6, 6.07) is -0.785. The van der Waals surface area contributed by atoms with Crippen molar-refractivity contribution in [3.05, 3.63) is 0 Å². The van der Waals surface area contributed by atoms with Gasteiger partial charge in [-0.05, 0) is 51.0 Å². The van der Waals surface area contributed by atoms with Gasteiger partial charge in [0.25, 0.3) is 0 Å². The standard InChI is InChI=1S/C14H23F3N2O/c1-9-4-3-7-18-12(9)13(20)19(8-14(15,16)17)10(2)11-5-6-11/h9-12,18H,3-8H2,1-2H3. The molecule has 3 nitrogen and oxygen atoms in total. The molecule has 1 aliphatic carbocycles. The molecule has 0 aromatic heterocycles. The first kappa shape index (κ1) is 15.6. The van der Waals surface area contributed by atoms with Gasteiger partial charge >= 0.3 is 6.18 Å². The van der Waals surface area contributed by atoms with Gasteiger partial charge in [-0.3, -0.25) is 4.79 Å². The summed E-state index contributed by atoms with van der Waals surface area (Å²) in [7, 11) is 0. The van der Waals surface area contributed by atoms with Crippen molar-refractivity contribution in [2.45, 2.75) is 57.8 Å². The number of hydrogen-bond acceptors (Lipinski definition) is 2. The van der Waals surface area contributed by atoms with Crippen LogP contribution in [0.3, 0.4) is 0 Å². The second kappa shape index (κ2) is 5.92. The van der Waals surface area contributed by atoms with Crippen LogP contribution < -0.4 is 5.32 Å². The first-order valence-corrected chi connectivity index (χ1v) is 7.40. The van der Waals surface area contributed by atoms with Gasteiger partial charge in [-0.1, -0.05) is 6.92 Å². The molecule has 1 N–H and O–H groups in total. The Balaban J connectivity index is 2.09. The minimum atomic E-state index is -4.34. The topological polar surface area (TPSA) is 32.3 Å². The largest absolute Gasteiger partial charge is 0.406 e. The Kier molecular flexibility index (Phi) is 4.62. The summed E-state index contributed by atoms with van der Waals surface area (Å²) in [6.07, 6.45) is -0.618. The smallest absolute Gasteiger partial charge is 0.329 e. The average molecular weight is 292 g/mol. The molecule has 1 saturated heterocycles. The fourth-order valence-electron chi connectivity index (χ4n) is 3.01. The van der Waals surface area contributed by atoms with Crippen molar-refractivity contribution in [1.29, 1.82) is 0 Å². The van der Waals surface area contributed by atoms with E-state index in [0.29, 0.717) is 6.54 Å². The van der Waals surface area contributed by atoms with Crippen LogP contribution in [0.2, 0.25) is 0 Å². The van der Waals surface area contributed by atoms with Crippen molar-refractivity contribution < 1.29 is 18.0 Å². The number of carbonyl (C=O) groups excluding carboxylic acids is 1. The molecule has 0 radical (unpaired) electrons. The van der Waals surface area contributed by atoms with Gasteiger partial charge in [0.2, 0.25) is 5.91 Å². The Bertz CT molecular complexity index is 355. The monoisotopic (exact) mass is 292 g/mol. The number of piperidine rings is 1. The van der Waals surface area contributed by atoms with E-state index in [-0.39, 0.29) is 23.8 Å². The molecule has 2 aliphatic rings. The third-order valence-electron chi connectivity index (χ3n) is 4.46. The summed E-state index contributed by atoms with van der Waals surface area (Å²) in [4.78, 5) is 13.6. The number of rotatable bonds is 4. The second-order valence-corrected chi connectivity index (χ2v) is 6.21. The molecule has 2 rings (SSSR count). The second-order valence-electron chi connectivity index (χ2n) is 6.21. The molecule has 0 spiro atoms. The number of nitrogens with zero attached hydrogens (tertiary/aromatic N) is 1. The van der Waals surface area contributed by atoms with Crippen molar-refractivity contribution >= 4 is 5.91 Å². The Morgan fingerprint density at radius 2 is 2.00 bits per heavy atom. The molecule has 1 heterocycles. The predicted octanol–water partition coefficient (Wildman–Crippen LogP) is 2.56. The fraction of sp³-hybridized carbons (Fsp3) is 0.929. The van der Waals surface area contributed by atoms with E-state index in [4.69, 9.17) is 0 Å². The highest BCUT2D eigenvalue weighted by molar-refractivity contribution is 5.82. The van der Waals surface area contributed by atoms with E-state index in [2.05, 4.69) is 5.32 Å². The number of alkyl halides is 3. The summed E-state index contributed by atoms with van der Waals surface area (Å²) in [5.74, 6) is -0.0486. The first-order valence-electron chi connectivity index (χ1n) is 7.40. The van der Waals surface area contributed by atoms with E-state index in [1.54, 1.807) is 6.92 Å². The quantitative estimate of drug-likeness (QED) is 0.863. The molecule has 116 valence electrons. The predicted molar refractivity (Wildman–Crippen MR) is 70.1 cm³/mol. The highest BCUT2D eigenvalue weighted by Crippen LogP contribution is 2.36. The molecule has 1 aliphatic heterocycles. The van der Waals surface area contributed by atoms with Crippen molar-refractivity contribution in [2.75, 3.05) is 13.1 Å². The molecule has 0 aromatic rings. The lowest BCUT2D eigenvalue weighted by Gasteiger charge is -2.37. The summed E-state index contributed by atoms with van der Waals surface area (Å²) < 4.78 is 38.3. The fourth-order valence-corrected chi connectivity index (χ4v) is 3.01. The molecular weight excluding hydrogens is 269 g/mol. The normalized spacial score (nSPS) is 29.1. The van der Waals surface area contributed by atoms with Crippen LogP contribution in [-0.4, -0.2) is 42.2 Å². The SMILES string of the molecule is CC1CCCNC1C(=O)N(CC(F)(F)F)C(C)C1CC1. The summed E-state index contributed by atoms with van der Waals surface area (Å²) in [5.41, 5.74) is 0. The van der Waals surface area contributed by atoms with Crippen LogP contribution >= 0.6 is 0 Å². The molecule has 0 aromatic carbocycles. The zero-order chi connectivity index (χ0) is 14.9. The van der Waals surface area contributed by atoms with Gasteiger partial charge in [0.15, 0.2) is 0 Å². The lowest BCUT2D eigenvalue weighted by Crippen LogP contribution is -2.56. The maximum absolute atomic E-state index is 12.8. The van der Waals surface area contributed by atoms with Crippen molar-refractivity contribution in [3.8, 4) is 0 Å². The van der Waals surface area contributed by atoms with E-state index < -0.39 is 18.8 Å². The van der Waals surface area contributed by atoms with Gasteiger partial charge < -0.3 is 10.2 Å². The Labute approximate surface area is 117 Å². The molecule has 3 atom stereocenters. The number of carbonyl (C=O) groups is 1. The molecule has 2 fully saturated rings. The maximum Gasteiger partial charge on any atom is 0.406 e. The lowest BCUT2D eigenvalue weighted by atomic mass is 9.91. The van der Waals surface area contributed by atoms with E-state index in [0.717, 1.165) is 30.6 Å². The molecule has 1 amide bonds. The molecule has 3 unspecified atom stereocenters. The van der Waals surface area contributed by atoms with Crippen LogP contribution in [0.25, 0.3) is 0 Å². The molecular formula is C14H23F3N2O. The van der Waals surface area contributed by atoms with Gasteiger partial charge in [0.05, 0.1) is 6.04 Å².